The zero-order valence-electron chi connectivity index (χ0n) is 13.1. The predicted molar refractivity (Wildman–Crippen MR) is 83.3 cm³/mol. The van der Waals surface area contributed by atoms with Crippen LogP contribution in [0, 0.1) is 24.0 Å². The number of hydrogen-bond acceptors (Lipinski definition) is 5. The molecule has 126 valence electrons. The standard InChI is InChI=1S/C15H16N4O5/c1-9-4-3-5-11(10(9)2)14(15(21)22)16-13(20)8-18-7-6-12(17-18)19(23)24/h3-7,14H,8H2,1-2H3,(H,16,20)(H,21,22). The van der Waals surface area contributed by atoms with E-state index in [4.69, 9.17) is 0 Å². The highest BCUT2D eigenvalue weighted by Crippen LogP contribution is 2.21. The van der Waals surface area contributed by atoms with E-state index in [2.05, 4.69) is 10.4 Å². The number of hydrogen-bond donors (Lipinski definition) is 2. The van der Waals surface area contributed by atoms with Gasteiger partial charge in [0, 0.05) is 0 Å². The molecule has 1 unspecified atom stereocenters. The largest absolute Gasteiger partial charge is 0.479 e. The molecule has 0 fully saturated rings. The summed E-state index contributed by atoms with van der Waals surface area (Å²) in [5.74, 6) is -2.18. The summed E-state index contributed by atoms with van der Waals surface area (Å²) in [6, 6.07) is 5.16. The van der Waals surface area contributed by atoms with Crippen molar-refractivity contribution in [2.75, 3.05) is 0 Å². The second-order valence-electron chi connectivity index (χ2n) is 5.26. The van der Waals surface area contributed by atoms with E-state index < -0.39 is 22.8 Å². The average Bonchev–Trinajstić information content (AvgIpc) is 2.96. The van der Waals surface area contributed by atoms with Crippen LogP contribution in [-0.2, 0) is 16.1 Å². The van der Waals surface area contributed by atoms with Gasteiger partial charge < -0.3 is 20.5 Å². The molecular weight excluding hydrogens is 316 g/mol. The summed E-state index contributed by atoms with van der Waals surface area (Å²) in [7, 11) is 0. The fourth-order valence-electron chi connectivity index (χ4n) is 2.25. The normalized spacial score (nSPS) is 11.8. The molecule has 0 bridgehead atoms. The smallest absolute Gasteiger partial charge is 0.389 e. The first kappa shape index (κ1) is 17.1. The molecule has 0 saturated heterocycles. The highest BCUT2D eigenvalue weighted by molar-refractivity contribution is 5.84. The van der Waals surface area contributed by atoms with Crippen LogP contribution in [0.3, 0.4) is 0 Å². The fraction of sp³-hybridized carbons (Fsp3) is 0.267. The SMILES string of the molecule is Cc1cccc(C(NC(=O)Cn2ccc([N+](=O)[O-])n2)C(=O)O)c1C. The summed E-state index contributed by atoms with van der Waals surface area (Å²) in [6.07, 6.45) is 1.28. The summed E-state index contributed by atoms with van der Waals surface area (Å²) >= 11 is 0. The number of benzene rings is 1. The minimum Gasteiger partial charge on any atom is -0.479 e. The first-order valence-corrected chi connectivity index (χ1v) is 7.05. The molecule has 2 rings (SSSR count). The maximum Gasteiger partial charge on any atom is 0.389 e. The van der Waals surface area contributed by atoms with E-state index in [0.29, 0.717) is 5.56 Å². The summed E-state index contributed by atoms with van der Waals surface area (Å²) in [5.41, 5.74) is 2.18. The van der Waals surface area contributed by atoms with Gasteiger partial charge >= 0.3 is 11.8 Å². The van der Waals surface area contributed by atoms with Crippen molar-refractivity contribution in [3.8, 4) is 0 Å². The molecule has 1 aromatic heterocycles. The predicted octanol–water partition coefficient (Wildman–Crippen LogP) is 1.35. The molecule has 0 saturated carbocycles. The number of aryl methyl sites for hydroxylation is 1. The van der Waals surface area contributed by atoms with E-state index in [9.17, 15) is 24.8 Å². The lowest BCUT2D eigenvalue weighted by atomic mass is 9.97. The van der Waals surface area contributed by atoms with Gasteiger partial charge in [0.15, 0.2) is 6.04 Å². The lowest BCUT2D eigenvalue weighted by Crippen LogP contribution is -2.36. The van der Waals surface area contributed by atoms with E-state index in [-0.39, 0.29) is 12.4 Å². The Kier molecular flexibility index (Phi) is 4.93. The van der Waals surface area contributed by atoms with Crippen LogP contribution in [0.2, 0.25) is 0 Å². The summed E-state index contributed by atoms with van der Waals surface area (Å²) in [5, 5.41) is 26.0. The van der Waals surface area contributed by atoms with Crippen molar-refractivity contribution >= 4 is 17.7 Å². The summed E-state index contributed by atoms with van der Waals surface area (Å²) < 4.78 is 1.08. The van der Waals surface area contributed by atoms with Crippen molar-refractivity contribution in [1.29, 1.82) is 0 Å². The number of nitrogens with one attached hydrogen (secondary N) is 1. The third-order valence-electron chi connectivity index (χ3n) is 3.63. The van der Waals surface area contributed by atoms with Gasteiger partial charge in [-0.25, -0.2) is 4.79 Å². The van der Waals surface area contributed by atoms with E-state index >= 15 is 0 Å². The number of rotatable bonds is 6. The van der Waals surface area contributed by atoms with Gasteiger partial charge in [-0.15, -0.1) is 0 Å². The maximum absolute atomic E-state index is 12.1. The van der Waals surface area contributed by atoms with Crippen LogP contribution in [0.25, 0.3) is 0 Å². The van der Waals surface area contributed by atoms with Gasteiger partial charge in [-0.3, -0.25) is 4.79 Å². The van der Waals surface area contributed by atoms with Crippen LogP contribution in [0.4, 0.5) is 5.82 Å². The van der Waals surface area contributed by atoms with Crippen molar-refractivity contribution in [3.63, 3.8) is 0 Å². The zero-order chi connectivity index (χ0) is 17.9. The second-order valence-corrected chi connectivity index (χ2v) is 5.26. The number of amides is 1. The van der Waals surface area contributed by atoms with Crippen LogP contribution in [-0.4, -0.2) is 31.7 Å². The Labute approximate surface area is 137 Å². The fourth-order valence-corrected chi connectivity index (χ4v) is 2.25. The molecule has 0 spiro atoms. The van der Waals surface area contributed by atoms with Gasteiger partial charge in [-0.2, -0.15) is 4.68 Å². The van der Waals surface area contributed by atoms with E-state index in [1.807, 2.05) is 13.0 Å². The van der Waals surface area contributed by atoms with E-state index in [1.54, 1.807) is 19.1 Å². The molecule has 0 radical (unpaired) electrons. The molecule has 24 heavy (non-hydrogen) atoms. The molecule has 1 atom stereocenters. The van der Waals surface area contributed by atoms with Crippen molar-refractivity contribution in [2.24, 2.45) is 0 Å². The van der Waals surface area contributed by atoms with Gasteiger partial charge in [0.1, 0.15) is 6.54 Å². The molecule has 2 aromatic rings. The van der Waals surface area contributed by atoms with Gasteiger partial charge in [-0.05, 0) is 35.5 Å². The van der Waals surface area contributed by atoms with Gasteiger partial charge in [-0.1, -0.05) is 18.2 Å². The van der Waals surface area contributed by atoms with Crippen molar-refractivity contribution in [3.05, 3.63) is 57.3 Å². The first-order valence-electron chi connectivity index (χ1n) is 7.05. The molecule has 2 N–H and O–H groups in total. The Morgan fingerprint density at radius 2 is 2.08 bits per heavy atom. The molecule has 1 amide bonds. The van der Waals surface area contributed by atoms with Crippen LogP contribution < -0.4 is 5.32 Å². The molecular formula is C15H16N4O5. The number of nitrogens with zero attached hydrogens (tertiary/aromatic N) is 3. The highest BCUT2D eigenvalue weighted by atomic mass is 16.6. The van der Waals surface area contributed by atoms with Crippen molar-refractivity contribution < 1.29 is 19.6 Å². The molecule has 0 aliphatic heterocycles. The van der Waals surface area contributed by atoms with Crippen LogP contribution >= 0.6 is 0 Å². The maximum atomic E-state index is 12.1. The van der Waals surface area contributed by atoms with E-state index in [0.717, 1.165) is 21.9 Å². The van der Waals surface area contributed by atoms with E-state index in [1.165, 1.54) is 6.20 Å². The van der Waals surface area contributed by atoms with Crippen LogP contribution in [0.5, 0.6) is 0 Å². The van der Waals surface area contributed by atoms with Crippen molar-refractivity contribution in [2.45, 2.75) is 26.4 Å². The average molecular weight is 332 g/mol. The van der Waals surface area contributed by atoms with Gasteiger partial charge in [0.2, 0.25) is 5.91 Å². The number of aromatic nitrogens is 2. The number of aliphatic carboxylic acids is 1. The third-order valence-corrected chi connectivity index (χ3v) is 3.63. The highest BCUT2D eigenvalue weighted by Gasteiger charge is 2.25. The minimum absolute atomic E-state index is 0.317. The molecule has 1 aromatic carbocycles. The second kappa shape index (κ2) is 6.90. The van der Waals surface area contributed by atoms with Gasteiger partial charge in [0.25, 0.3) is 0 Å². The summed E-state index contributed by atoms with van der Waals surface area (Å²) in [6.45, 7) is 3.31. The number of nitro groups is 1. The molecule has 0 aliphatic rings. The quantitative estimate of drug-likeness (QED) is 0.607. The number of carbonyl (C=O) groups is 2. The Bertz CT molecular complexity index is 799. The Morgan fingerprint density at radius 3 is 2.67 bits per heavy atom. The Balaban J connectivity index is 2.15. The summed E-state index contributed by atoms with van der Waals surface area (Å²) in [4.78, 5) is 33.5. The zero-order valence-corrected chi connectivity index (χ0v) is 13.1. The first-order chi connectivity index (χ1) is 11.3. The minimum atomic E-state index is -1.21. The van der Waals surface area contributed by atoms with Crippen molar-refractivity contribution in [1.82, 2.24) is 15.1 Å². The van der Waals surface area contributed by atoms with Gasteiger partial charge in [0.05, 0.1) is 17.4 Å². The molecule has 1 heterocycles. The van der Waals surface area contributed by atoms with Crippen LogP contribution in [0.15, 0.2) is 30.5 Å². The lowest BCUT2D eigenvalue weighted by molar-refractivity contribution is -0.389. The molecule has 0 aliphatic carbocycles. The topological polar surface area (TPSA) is 127 Å². The third kappa shape index (κ3) is 3.75. The van der Waals surface area contributed by atoms with Crippen LogP contribution in [0.1, 0.15) is 22.7 Å². The number of carbonyl (C=O) groups excluding carboxylic acids is 1. The Morgan fingerprint density at radius 1 is 1.38 bits per heavy atom. The lowest BCUT2D eigenvalue weighted by Gasteiger charge is -2.18. The molecule has 9 heteroatoms. The Hall–Kier alpha value is -3.23. The number of carboxylic acids is 1. The molecule has 9 nitrogen and oxygen atoms in total. The monoisotopic (exact) mass is 332 g/mol. The number of carboxylic acid groups (broad SMARTS) is 1.